The van der Waals surface area contributed by atoms with E-state index < -0.39 is 17.8 Å². The predicted molar refractivity (Wildman–Crippen MR) is 93.7 cm³/mol. The summed E-state index contributed by atoms with van der Waals surface area (Å²) in [4.78, 5) is 14.0. The third kappa shape index (κ3) is 5.86. The molecule has 2 rings (SSSR count). The maximum Gasteiger partial charge on any atom is 0.416 e. The van der Waals surface area contributed by atoms with Crippen molar-refractivity contribution in [3.8, 4) is 0 Å². The molecule has 0 radical (unpaired) electrons. The first-order chi connectivity index (χ1) is 12.3. The number of carbonyl (C=O) groups is 1. The number of hydrogen-bond donors (Lipinski definition) is 3. The summed E-state index contributed by atoms with van der Waals surface area (Å²) in [7, 11) is 4.04. The molecule has 4 nitrogen and oxygen atoms in total. The summed E-state index contributed by atoms with van der Waals surface area (Å²) in [6.45, 7) is 1.58. The number of quaternary nitrogens is 2. The van der Waals surface area contributed by atoms with Crippen LogP contribution in [0.3, 0.4) is 0 Å². The van der Waals surface area contributed by atoms with E-state index >= 15 is 0 Å². The number of rotatable bonds is 7. The van der Waals surface area contributed by atoms with E-state index in [1.54, 1.807) is 0 Å². The predicted octanol–water partition coefficient (Wildman–Crippen LogP) is 1.09. The van der Waals surface area contributed by atoms with Crippen LogP contribution in [0.5, 0.6) is 0 Å². The van der Waals surface area contributed by atoms with Crippen LogP contribution in [0.2, 0.25) is 0 Å². The van der Waals surface area contributed by atoms with Crippen molar-refractivity contribution in [2.45, 2.75) is 12.2 Å². The Labute approximate surface area is 151 Å². The zero-order chi connectivity index (χ0) is 19.2. The Hall–Kier alpha value is -2.38. The minimum absolute atomic E-state index is 0.136. The van der Waals surface area contributed by atoms with Gasteiger partial charge in [0, 0.05) is 11.3 Å². The van der Waals surface area contributed by atoms with Crippen molar-refractivity contribution in [3.05, 3.63) is 65.7 Å². The smallest absolute Gasteiger partial charge is 0.335 e. The highest BCUT2D eigenvalue weighted by molar-refractivity contribution is 5.94. The van der Waals surface area contributed by atoms with Crippen LogP contribution in [-0.2, 0) is 11.0 Å². The molecule has 0 spiro atoms. The van der Waals surface area contributed by atoms with E-state index in [1.165, 1.54) is 17.0 Å². The summed E-state index contributed by atoms with van der Waals surface area (Å²) in [5.74, 6) is -0.343. The van der Waals surface area contributed by atoms with Gasteiger partial charge in [0.25, 0.3) is 5.91 Å². The van der Waals surface area contributed by atoms with Crippen molar-refractivity contribution in [1.82, 2.24) is 0 Å². The van der Waals surface area contributed by atoms with E-state index in [9.17, 15) is 18.0 Å². The topological polar surface area (TPSA) is 50.2 Å². The lowest BCUT2D eigenvalue weighted by atomic mass is 10.1. The van der Waals surface area contributed by atoms with Gasteiger partial charge in [0.15, 0.2) is 6.04 Å². The van der Waals surface area contributed by atoms with E-state index in [0.29, 0.717) is 0 Å². The van der Waals surface area contributed by atoms with Gasteiger partial charge in [-0.05, 0) is 18.2 Å². The first-order valence-corrected chi connectivity index (χ1v) is 8.43. The fraction of sp³-hybridized carbons (Fsp3) is 0.316. The standard InChI is InChI=1S/C19H22F3N3O/c1-25(2)12-11-23-17(14-7-4-3-5-8-14)18(26)24-16-10-6-9-15(13-16)19(20,21)22/h3-10,13,17,23H,11-12H2,1-2H3,(H,24,26)/p+2/t17-/m1/s1. The van der Waals surface area contributed by atoms with E-state index in [0.717, 1.165) is 30.8 Å². The number of carbonyl (C=O) groups excluding carboxylic acids is 1. The minimum Gasteiger partial charge on any atom is -0.335 e. The molecule has 0 bridgehead atoms. The van der Waals surface area contributed by atoms with Gasteiger partial charge in [0.1, 0.15) is 13.1 Å². The molecule has 0 aliphatic heterocycles. The second-order valence-corrected chi connectivity index (χ2v) is 6.44. The summed E-state index contributed by atoms with van der Waals surface area (Å²) < 4.78 is 38.5. The molecule has 7 heteroatoms. The zero-order valence-corrected chi connectivity index (χ0v) is 14.8. The van der Waals surface area contributed by atoms with Gasteiger partial charge in [-0.1, -0.05) is 36.4 Å². The first kappa shape index (κ1) is 19.9. The summed E-state index contributed by atoms with van der Waals surface area (Å²) in [5.41, 5.74) is 0.162. The molecule has 0 heterocycles. The van der Waals surface area contributed by atoms with E-state index in [1.807, 2.05) is 49.7 Å². The van der Waals surface area contributed by atoms with E-state index in [2.05, 4.69) is 5.32 Å². The van der Waals surface area contributed by atoms with Gasteiger partial charge in [-0.3, -0.25) is 4.79 Å². The molecule has 0 unspecified atom stereocenters. The fourth-order valence-corrected chi connectivity index (χ4v) is 2.59. The highest BCUT2D eigenvalue weighted by Gasteiger charge is 2.31. The fourth-order valence-electron chi connectivity index (χ4n) is 2.59. The second kappa shape index (κ2) is 8.82. The molecule has 0 aliphatic rings. The third-order valence-electron chi connectivity index (χ3n) is 3.95. The van der Waals surface area contributed by atoms with Gasteiger partial charge in [-0.25, -0.2) is 0 Å². The van der Waals surface area contributed by atoms with Crippen LogP contribution in [0.4, 0.5) is 18.9 Å². The number of halogens is 3. The van der Waals surface area contributed by atoms with Gasteiger partial charge in [0.05, 0.1) is 19.7 Å². The highest BCUT2D eigenvalue weighted by Crippen LogP contribution is 2.30. The Bertz CT molecular complexity index is 717. The average Bonchev–Trinajstić information content (AvgIpc) is 2.58. The average molecular weight is 367 g/mol. The van der Waals surface area contributed by atoms with Crippen LogP contribution < -0.4 is 15.5 Å². The van der Waals surface area contributed by atoms with E-state index in [4.69, 9.17) is 0 Å². The Morgan fingerprint density at radius 2 is 1.81 bits per heavy atom. The molecule has 0 aliphatic carbocycles. The molecular formula is C19H24F3N3O+2. The molecule has 26 heavy (non-hydrogen) atoms. The maximum atomic E-state index is 12.8. The van der Waals surface area contributed by atoms with Crippen LogP contribution in [0, 0.1) is 0 Å². The van der Waals surface area contributed by atoms with Crippen molar-refractivity contribution in [1.29, 1.82) is 0 Å². The molecule has 0 saturated heterocycles. The molecule has 4 N–H and O–H groups in total. The van der Waals surface area contributed by atoms with Crippen molar-refractivity contribution < 1.29 is 28.2 Å². The zero-order valence-electron chi connectivity index (χ0n) is 14.8. The van der Waals surface area contributed by atoms with Gasteiger partial charge < -0.3 is 15.5 Å². The quantitative estimate of drug-likeness (QED) is 0.674. The number of hydrogen-bond acceptors (Lipinski definition) is 1. The number of benzene rings is 2. The molecular weight excluding hydrogens is 343 g/mol. The van der Waals surface area contributed by atoms with Crippen LogP contribution in [0.25, 0.3) is 0 Å². The normalized spacial score (nSPS) is 12.8. The lowest BCUT2D eigenvalue weighted by Crippen LogP contribution is -3.09. The van der Waals surface area contributed by atoms with Gasteiger partial charge in [0.2, 0.25) is 0 Å². The summed E-state index contributed by atoms with van der Waals surface area (Å²) in [6.07, 6.45) is -4.44. The summed E-state index contributed by atoms with van der Waals surface area (Å²) in [5, 5.41) is 4.52. The Kier molecular flexibility index (Phi) is 6.76. The number of likely N-dealkylation sites (N-methyl/N-ethyl adjacent to an activating group) is 1. The van der Waals surface area contributed by atoms with E-state index in [-0.39, 0.29) is 11.6 Å². The van der Waals surface area contributed by atoms with Gasteiger partial charge >= 0.3 is 6.18 Å². The molecule has 2 aromatic rings. The SMILES string of the molecule is C[NH+](C)CC[NH2+][C@@H](C(=O)Nc1cccc(C(F)(F)F)c1)c1ccccc1. The number of nitrogens with one attached hydrogen (secondary N) is 2. The molecule has 0 saturated carbocycles. The Morgan fingerprint density at radius 1 is 1.12 bits per heavy atom. The van der Waals surface area contributed by atoms with Crippen molar-refractivity contribution in [3.63, 3.8) is 0 Å². The lowest BCUT2D eigenvalue weighted by molar-refractivity contribution is -0.876. The van der Waals surface area contributed by atoms with Crippen molar-refractivity contribution in [2.24, 2.45) is 0 Å². The number of amides is 1. The van der Waals surface area contributed by atoms with Crippen LogP contribution in [0.15, 0.2) is 54.6 Å². The molecule has 0 fully saturated rings. The van der Waals surface area contributed by atoms with Crippen LogP contribution in [0.1, 0.15) is 17.2 Å². The van der Waals surface area contributed by atoms with Gasteiger partial charge in [-0.15, -0.1) is 0 Å². The number of nitrogens with two attached hydrogens (primary N) is 1. The summed E-state index contributed by atoms with van der Waals surface area (Å²) in [6, 6.07) is 13.4. The number of anilines is 1. The van der Waals surface area contributed by atoms with Crippen LogP contribution >= 0.6 is 0 Å². The number of alkyl halides is 3. The highest BCUT2D eigenvalue weighted by atomic mass is 19.4. The van der Waals surface area contributed by atoms with Crippen molar-refractivity contribution in [2.75, 3.05) is 32.5 Å². The lowest BCUT2D eigenvalue weighted by Gasteiger charge is -2.17. The molecule has 2 aromatic carbocycles. The Morgan fingerprint density at radius 3 is 2.42 bits per heavy atom. The van der Waals surface area contributed by atoms with Gasteiger partial charge in [-0.2, -0.15) is 13.2 Å². The largest absolute Gasteiger partial charge is 0.416 e. The maximum absolute atomic E-state index is 12.8. The third-order valence-corrected chi connectivity index (χ3v) is 3.95. The van der Waals surface area contributed by atoms with Crippen LogP contribution in [-0.4, -0.2) is 33.1 Å². The molecule has 0 aromatic heterocycles. The molecule has 140 valence electrons. The van der Waals surface area contributed by atoms with Crippen molar-refractivity contribution >= 4 is 11.6 Å². The molecule has 1 atom stereocenters. The molecule has 1 amide bonds. The summed E-state index contributed by atoms with van der Waals surface area (Å²) >= 11 is 0. The minimum atomic E-state index is -4.44. The monoisotopic (exact) mass is 367 g/mol. The second-order valence-electron chi connectivity index (χ2n) is 6.44. The Balaban J connectivity index is 2.16. The first-order valence-electron chi connectivity index (χ1n) is 8.43.